The second kappa shape index (κ2) is 8.65. The molecule has 6 nitrogen and oxygen atoms in total. The topological polar surface area (TPSA) is 78.5 Å². The van der Waals surface area contributed by atoms with Crippen molar-refractivity contribution >= 4 is 50.5 Å². The van der Waals surface area contributed by atoms with Gasteiger partial charge in [0.25, 0.3) is 15.9 Å². The van der Waals surface area contributed by atoms with Crippen molar-refractivity contribution in [2.75, 3.05) is 9.73 Å². The Morgan fingerprint density at radius 2 is 1.67 bits per heavy atom. The van der Waals surface area contributed by atoms with Crippen LogP contribution in [-0.2, 0) is 22.0 Å². The number of benzene rings is 3. The summed E-state index contributed by atoms with van der Waals surface area (Å²) in [5, 5.41) is 3.21. The van der Waals surface area contributed by atoms with E-state index < -0.39 is 15.9 Å². The van der Waals surface area contributed by atoms with Crippen molar-refractivity contribution in [3.8, 4) is 0 Å². The summed E-state index contributed by atoms with van der Waals surface area (Å²) in [7, 11) is -3.88. The van der Waals surface area contributed by atoms with Gasteiger partial charge in [-0.3, -0.25) is 4.79 Å². The van der Waals surface area contributed by atoms with Crippen LogP contribution >= 0.6 is 23.2 Å². The molecule has 1 aliphatic heterocycles. The zero-order valence-corrected chi connectivity index (χ0v) is 20.6. The third-order valence-electron chi connectivity index (χ3n) is 5.40. The molecule has 172 valence electrons. The number of halogens is 2. The third kappa shape index (κ3) is 4.59. The van der Waals surface area contributed by atoms with E-state index in [1.54, 1.807) is 54.6 Å². The summed E-state index contributed by atoms with van der Waals surface area (Å²) in [6, 6.07) is 16.8. The fourth-order valence-electron chi connectivity index (χ4n) is 3.57. The van der Waals surface area contributed by atoms with Crippen molar-refractivity contribution in [2.24, 2.45) is 0 Å². The Labute approximate surface area is 203 Å². The van der Waals surface area contributed by atoms with E-state index in [0.29, 0.717) is 17.9 Å². The molecule has 0 aromatic heterocycles. The van der Waals surface area contributed by atoms with Crippen molar-refractivity contribution in [1.29, 1.82) is 0 Å². The fraction of sp³-hybridized carbons (Fsp3) is 0.208. The number of nitrogens with zero attached hydrogens (tertiary/aromatic N) is 1. The summed E-state index contributed by atoms with van der Waals surface area (Å²) in [5.41, 5.74) is 5.47. The average Bonchev–Trinajstić information content (AvgIpc) is 3.17. The molecule has 1 amide bonds. The van der Waals surface area contributed by atoms with Crippen molar-refractivity contribution in [3.05, 3.63) is 87.4 Å². The molecule has 0 saturated carbocycles. The van der Waals surface area contributed by atoms with Crippen LogP contribution in [0, 0.1) is 0 Å². The van der Waals surface area contributed by atoms with Crippen LogP contribution < -0.4 is 15.2 Å². The zero-order chi connectivity index (χ0) is 24.0. The van der Waals surface area contributed by atoms with E-state index in [0.717, 1.165) is 15.5 Å². The molecule has 4 rings (SSSR count). The molecule has 0 saturated heterocycles. The number of sulfonamides is 1. The van der Waals surface area contributed by atoms with Gasteiger partial charge < -0.3 is 5.32 Å². The highest BCUT2D eigenvalue weighted by molar-refractivity contribution is 7.92. The molecule has 0 fully saturated rings. The molecule has 0 atom stereocenters. The Hall–Kier alpha value is -2.58. The van der Waals surface area contributed by atoms with Crippen LogP contribution in [0.5, 0.6) is 0 Å². The zero-order valence-electron chi connectivity index (χ0n) is 18.3. The van der Waals surface area contributed by atoms with Crippen LogP contribution in [0.3, 0.4) is 0 Å². The number of hydrazine groups is 1. The first kappa shape index (κ1) is 23.6. The van der Waals surface area contributed by atoms with Crippen LogP contribution in [0.15, 0.2) is 65.6 Å². The summed E-state index contributed by atoms with van der Waals surface area (Å²) in [6.07, 6.45) is 0. The molecule has 1 aliphatic rings. The predicted octanol–water partition coefficient (Wildman–Crippen LogP) is 5.76. The largest absolute Gasteiger partial charge is 0.322 e. The maximum Gasteiger partial charge on any atom is 0.277 e. The number of anilines is 2. The number of hydrogen-bond donors (Lipinski definition) is 2. The lowest BCUT2D eigenvalue weighted by Gasteiger charge is -2.23. The lowest BCUT2D eigenvalue weighted by Crippen LogP contribution is -2.38. The van der Waals surface area contributed by atoms with Crippen LogP contribution in [0.4, 0.5) is 11.4 Å². The van der Waals surface area contributed by atoms with Crippen LogP contribution in [0.1, 0.15) is 42.3 Å². The van der Waals surface area contributed by atoms with Gasteiger partial charge >= 0.3 is 0 Å². The SMILES string of the molecule is CC(C)(C)c1cccc(S(=O)(=O)N2NCc3ccc(NC(=O)c4c(Cl)cccc4Cl)cc32)c1. The van der Waals surface area contributed by atoms with E-state index in [2.05, 4.69) is 10.7 Å². The minimum atomic E-state index is -3.88. The Morgan fingerprint density at radius 1 is 1.00 bits per heavy atom. The van der Waals surface area contributed by atoms with Gasteiger partial charge in [0.2, 0.25) is 0 Å². The van der Waals surface area contributed by atoms with Gasteiger partial charge in [-0.2, -0.15) is 12.8 Å². The van der Waals surface area contributed by atoms with Crippen LogP contribution in [0.25, 0.3) is 0 Å². The molecule has 2 N–H and O–H groups in total. The smallest absolute Gasteiger partial charge is 0.277 e. The number of carbonyl (C=O) groups is 1. The normalized spacial score (nSPS) is 13.7. The summed E-state index contributed by atoms with van der Waals surface area (Å²) < 4.78 is 28.1. The number of amides is 1. The van der Waals surface area contributed by atoms with Crippen molar-refractivity contribution in [3.63, 3.8) is 0 Å². The highest BCUT2D eigenvalue weighted by Crippen LogP contribution is 2.34. The van der Waals surface area contributed by atoms with E-state index >= 15 is 0 Å². The molecule has 1 heterocycles. The summed E-state index contributed by atoms with van der Waals surface area (Å²) in [5.74, 6) is -0.483. The van der Waals surface area contributed by atoms with Crippen molar-refractivity contribution in [1.82, 2.24) is 5.43 Å². The Bertz CT molecular complexity index is 1330. The van der Waals surface area contributed by atoms with Crippen LogP contribution in [0.2, 0.25) is 10.0 Å². The number of nitrogens with one attached hydrogen (secondary N) is 2. The van der Waals surface area contributed by atoms with E-state index in [-0.39, 0.29) is 25.9 Å². The number of rotatable bonds is 4. The average molecular weight is 504 g/mol. The maximum atomic E-state index is 13.5. The molecule has 0 radical (unpaired) electrons. The second-order valence-corrected chi connectivity index (χ2v) is 11.4. The minimum Gasteiger partial charge on any atom is -0.322 e. The van der Waals surface area contributed by atoms with Crippen molar-refractivity contribution < 1.29 is 13.2 Å². The van der Waals surface area contributed by atoms with Crippen LogP contribution in [-0.4, -0.2) is 14.3 Å². The van der Waals surface area contributed by atoms with Gasteiger partial charge in [-0.15, -0.1) is 0 Å². The predicted molar refractivity (Wildman–Crippen MR) is 133 cm³/mol. The lowest BCUT2D eigenvalue weighted by molar-refractivity contribution is 0.102. The highest BCUT2D eigenvalue weighted by Gasteiger charge is 2.32. The molecule has 0 bridgehead atoms. The molecular formula is C24H23Cl2N3O3S. The summed E-state index contributed by atoms with van der Waals surface area (Å²) in [6.45, 7) is 6.44. The van der Waals surface area contributed by atoms with Gasteiger partial charge in [-0.25, -0.2) is 5.43 Å². The maximum absolute atomic E-state index is 13.5. The van der Waals surface area contributed by atoms with E-state index in [1.807, 2.05) is 26.8 Å². The highest BCUT2D eigenvalue weighted by atomic mass is 35.5. The van der Waals surface area contributed by atoms with Gasteiger partial charge in [-0.05, 0) is 52.9 Å². The summed E-state index contributed by atoms with van der Waals surface area (Å²) >= 11 is 12.3. The van der Waals surface area contributed by atoms with Crippen molar-refractivity contribution in [2.45, 2.75) is 37.6 Å². The molecule has 3 aromatic carbocycles. The molecule has 0 spiro atoms. The lowest BCUT2D eigenvalue weighted by atomic mass is 9.87. The molecule has 33 heavy (non-hydrogen) atoms. The fourth-order valence-corrected chi connectivity index (χ4v) is 5.54. The van der Waals surface area contributed by atoms with Gasteiger partial charge in [0.1, 0.15) is 0 Å². The molecule has 0 aliphatic carbocycles. The van der Waals surface area contributed by atoms with Gasteiger partial charge in [-0.1, -0.05) is 68.2 Å². The molecular weight excluding hydrogens is 481 g/mol. The monoisotopic (exact) mass is 503 g/mol. The first-order valence-electron chi connectivity index (χ1n) is 10.3. The van der Waals surface area contributed by atoms with Gasteiger partial charge in [0, 0.05) is 12.2 Å². The Balaban J connectivity index is 1.66. The summed E-state index contributed by atoms with van der Waals surface area (Å²) in [4.78, 5) is 12.9. The first-order chi connectivity index (χ1) is 15.5. The molecule has 9 heteroatoms. The van der Waals surface area contributed by atoms with E-state index in [1.165, 1.54) is 0 Å². The molecule has 0 unspecified atom stereocenters. The second-order valence-electron chi connectivity index (χ2n) is 8.78. The Kier molecular flexibility index (Phi) is 6.18. The number of hydrogen-bond acceptors (Lipinski definition) is 4. The minimum absolute atomic E-state index is 0.155. The molecule has 3 aromatic rings. The van der Waals surface area contributed by atoms with E-state index in [4.69, 9.17) is 23.2 Å². The van der Waals surface area contributed by atoms with Gasteiger partial charge in [0.15, 0.2) is 0 Å². The number of carbonyl (C=O) groups excluding carboxylic acids is 1. The number of fused-ring (bicyclic) bond motifs is 1. The van der Waals surface area contributed by atoms with E-state index in [9.17, 15) is 13.2 Å². The third-order valence-corrected chi connectivity index (χ3v) is 7.69. The van der Waals surface area contributed by atoms with Gasteiger partial charge in [0.05, 0.1) is 26.2 Å². The Morgan fingerprint density at radius 3 is 2.33 bits per heavy atom. The first-order valence-corrected chi connectivity index (χ1v) is 12.5. The standard InChI is InChI=1S/C24H23Cl2N3O3S/c1-24(2,3)16-6-4-7-18(12-16)33(31,32)29-21-13-17(11-10-15(21)14-27-29)28-23(30)22-19(25)8-5-9-20(22)26/h4-13,27H,14H2,1-3H3,(H,28,30). The quantitative estimate of drug-likeness (QED) is 0.474.